The van der Waals surface area contributed by atoms with Crippen LogP contribution in [0.4, 0.5) is 0 Å². The molecule has 4 N–H and O–H groups in total. The minimum atomic E-state index is -0.702. The molecule has 2 aliphatic rings. The van der Waals surface area contributed by atoms with Crippen LogP contribution >= 0.6 is 0 Å². The molecule has 6 heteroatoms. The second-order valence-corrected chi connectivity index (χ2v) is 6.46. The number of phenols is 1. The zero-order valence-electron chi connectivity index (χ0n) is 12.6. The summed E-state index contributed by atoms with van der Waals surface area (Å²) in [5.74, 6) is -0.593. The van der Waals surface area contributed by atoms with Crippen molar-refractivity contribution in [3.05, 3.63) is 36.0 Å². The molecule has 1 saturated heterocycles. The summed E-state index contributed by atoms with van der Waals surface area (Å²) in [6, 6.07) is 7.68. The van der Waals surface area contributed by atoms with E-state index in [1.807, 2.05) is 18.2 Å². The molecule has 0 radical (unpaired) electrons. The van der Waals surface area contributed by atoms with E-state index in [-0.39, 0.29) is 29.7 Å². The number of hydrogen-bond acceptors (Lipinski definition) is 5. The Morgan fingerprint density at radius 2 is 2.09 bits per heavy atom. The van der Waals surface area contributed by atoms with Gasteiger partial charge in [0.1, 0.15) is 11.3 Å². The molecular weight excluding hydrogens is 294 g/mol. The van der Waals surface area contributed by atoms with E-state index in [0.29, 0.717) is 11.9 Å². The average molecular weight is 313 g/mol. The maximum absolute atomic E-state index is 11.4. The first-order chi connectivity index (χ1) is 11.1. The number of carboxylic acid groups (broad SMARTS) is 1. The fraction of sp³-hybridized carbons (Fsp3) is 0.412. The van der Waals surface area contributed by atoms with Crippen LogP contribution in [0.5, 0.6) is 5.75 Å². The number of aliphatic carboxylic acids is 1. The molecule has 2 heterocycles. The van der Waals surface area contributed by atoms with Gasteiger partial charge in [-0.1, -0.05) is 12.1 Å². The molecule has 0 bridgehead atoms. The summed E-state index contributed by atoms with van der Waals surface area (Å²) < 4.78 is 0. The van der Waals surface area contributed by atoms with Crippen LogP contribution in [-0.4, -0.2) is 27.2 Å². The normalized spacial score (nSPS) is 30.3. The predicted octanol–water partition coefficient (Wildman–Crippen LogP) is 1.96. The van der Waals surface area contributed by atoms with Crippen LogP contribution in [0.15, 0.2) is 30.5 Å². The second-order valence-electron chi connectivity index (χ2n) is 6.46. The van der Waals surface area contributed by atoms with E-state index >= 15 is 0 Å². The molecule has 23 heavy (non-hydrogen) atoms. The Bertz CT molecular complexity index is 764. The molecule has 6 nitrogen and oxygen atoms in total. The number of fused-ring (bicyclic) bond motifs is 2. The number of aromatic nitrogens is 1. The fourth-order valence-electron chi connectivity index (χ4n) is 4.04. The molecule has 1 aliphatic heterocycles. The first kappa shape index (κ1) is 14.4. The van der Waals surface area contributed by atoms with Gasteiger partial charge in [-0.2, -0.15) is 0 Å². The first-order valence-electron chi connectivity index (χ1n) is 7.95. The smallest absolute Gasteiger partial charge is 0.306 e. The van der Waals surface area contributed by atoms with E-state index in [2.05, 4.69) is 15.8 Å². The van der Waals surface area contributed by atoms with Crippen LogP contribution in [-0.2, 0) is 4.79 Å². The van der Waals surface area contributed by atoms with Crippen LogP contribution in [0.1, 0.15) is 30.9 Å². The number of carboxylic acids is 1. The zero-order chi connectivity index (χ0) is 16.0. The zero-order valence-corrected chi connectivity index (χ0v) is 12.6. The third-order valence-corrected chi connectivity index (χ3v) is 5.22. The van der Waals surface area contributed by atoms with Gasteiger partial charge in [-0.25, -0.2) is 5.43 Å². The summed E-state index contributed by atoms with van der Waals surface area (Å²) in [6.45, 7) is 0. The lowest BCUT2D eigenvalue weighted by atomic mass is 9.74. The number of phenolic OH excluding ortho intramolecular Hbond substituents is 1. The van der Waals surface area contributed by atoms with E-state index in [1.54, 1.807) is 12.3 Å². The summed E-state index contributed by atoms with van der Waals surface area (Å²) in [6.07, 6.45) is 3.90. The molecule has 2 fully saturated rings. The Labute approximate surface area is 133 Å². The van der Waals surface area contributed by atoms with Gasteiger partial charge in [-0.15, -0.1) is 0 Å². The van der Waals surface area contributed by atoms with Crippen molar-refractivity contribution in [2.45, 2.75) is 31.3 Å². The topological polar surface area (TPSA) is 94.5 Å². The van der Waals surface area contributed by atoms with Gasteiger partial charge in [-0.05, 0) is 42.9 Å². The lowest BCUT2D eigenvalue weighted by molar-refractivity contribution is -0.143. The summed E-state index contributed by atoms with van der Waals surface area (Å²) >= 11 is 0. The van der Waals surface area contributed by atoms with E-state index < -0.39 is 5.97 Å². The van der Waals surface area contributed by atoms with E-state index in [1.165, 1.54) is 0 Å². The monoisotopic (exact) mass is 313 g/mol. The SMILES string of the molecule is O=C(O)C1CCC2NNC(c3ccc(O)c4ncccc34)C2C1. The molecule has 2 aromatic rings. The van der Waals surface area contributed by atoms with Crippen LogP contribution in [0.25, 0.3) is 10.9 Å². The molecule has 1 aromatic heterocycles. The Balaban J connectivity index is 1.73. The highest BCUT2D eigenvalue weighted by Gasteiger charge is 2.43. The Morgan fingerprint density at radius 1 is 1.22 bits per heavy atom. The summed E-state index contributed by atoms with van der Waals surface area (Å²) in [7, 11) is 0. The minimum Gasteiger partial charge on any atom is -0.506 e. The van der Waals surface area contributed by atoms with Gasteiger partial charge in [0.05, 0.1) is 12.0 Å². The van der Waals surface area contributed by atoms with Crippen molar-refractivity contribution in [1.29, 1.82) is 0 Å². The Morgan fingerprint density at radius 3 is 2.91 bits per heavy atom. The maximum atomic E-state index is 11.4. The number of hydrazine groups is 1. The van der Waals surface area contributed by atoms with Gasteiger partial charge >= 0.3 is 5.97 Å². The lowest BCUT2D eigenvalue weighted by Crippen LogP contribution is -2.36. The minimum absolute atomic E-state index is 0.0226. The molecule has 0 amide bonds. The van der Waals surface area contributed by atoms with Crippen molar-refractivity contribution in [2.24, 2.45) is 11.8 Å². The number of nitrogens with zero attached hydrogens (tertiary/aromatic N) is 1. The lowest BCUT2D eigenvalue weighted by Gasteiger charge is -2.31. The number of benzene rings is 1. The number of rotatable bonds is 2. The van der Waals surface area contributed by atoms with E-state index in [9.17, 15) is 15.0 Å². The molecule has 1 aliphatic carbocycles. The van der Waals surface area contributed by atoms with Gasteiger partial charge < -0.3 is 10.2 Å². The molecular formula is C17H19N3O3. The first-order valence-corrected chi connectivity index (χ1v) is 7.95. The standard InChI is InChI=1S/C17H19N3O3/c21-14-6-4-11(10-2-1-7-18-16(10)14)15-12-8-9(17(22)23)3-5-13(12)19-20-15/h1-2,4,6-7,9,12-13,15,19-21H,3,5,8H2,(H,22,23). The van der Waals surface area contributed by atoms with Crippen molar-refractivity contribution in [2.75, 3.05) is 0 Å². The number of nitrogens with one attached hydrogen (secondary N) is 2. The highest BCUT2D eigenvalue weighted by molar-refractivity contribution is 5.87. The van der Waals surface area contributed by atoms with Crippen LogP contribution < -0.4 is 10.9 Å². The van der Waals surface area contributed by atoms with Gasteiger partial charge in [0.15, 0.2) is 0 Å². The Kier molecular flexibility index (Phi) is 3.43. The van der Waals surface area contributed by atoms with Crippen molar-refractivity contribution in [3.63, 3.8) is 0 Å². The highest BCUT2D eigenvalue weighted by Crippen LogP contribution is 2.42. The highest BCUT2D eigenvalue weighted by atomic mass is 16.4. The average Bonchev–Trinajstić information content (AvgIpc) is 2.98. The third-order valence-electron chi connectivity index (χ3n) is 5.22. The number of carbonyl (C=O) groups is 1. The summed E-state index contributed by atoms with van der Waals surface area (Å²) in [5.41, 5.74) is 8.29. The summed E-state index contributed by atoms with van der Waals surface area (Å²) in [5, 5.41) is 20.3. The number of hydrogen-bond donors (Lipinski definition) is 4. The van der Waals surface area contributed by atoms with Gasteiger partial charge in [0.2, 0.25) is 0 Å². The van der Waals surface area contributed by atoms with Crippen LogP contribution in [0.3, 0.4) is 0 Å². The number of aromatic hydroxyl groups is 1. The van der Waals surface area contributed by atoms with Crippen LogP contribution in [0, 0.1) is 11.8 Å². The molecule has 4 unspecified atom stereocenters. The van der Waals surface area contributed by atoms with Crippen molar-refractivity contribution >= 4 is 16.9 Å². The summed E-state index contributed by atoms with van der Waals surface area (Å²) in [4.78, 5) is 15.6. The van der Waals surface area contributed by atoms with Gasteiger partial charge in [0, 0.05) is 17.6 Å². The molecule has 4 rings (SSSR count). The molecule has 1 saturated carbocycles. The van der Waals surface area contributed by atoms with E-state index in [4.69, 9.17) is 0 Å². The van der Waals surface area contributed by atoms with Gasteiger partial charge in [-0.3, -0.25) is 15.2 Å². The molecule has 4 atom stereocenters. The Hall–Kier alpha value is -2.18. The quantitative estimate of drug-likeness (QED) is 0.677. The maximum Gasteiger partial charge on any atom is 0.306 e. The second kappa shape index (κ2) is 5.47. The number of pyridine rings is 1. The van der Waals surface area contributed by atoms with Crippen LogP contribution in [0.2, 0.25) is 0 Å². The van der Waals surface area contributed by atoms with Crippen molar-refractivity contribution in [1.82, 2.24) is 15.8 Å². The van der Waals surface area contributed by atoms with Gasteiger partial charge in [0.25, 0.3) is 0 Å². The largest absolute Gasteiger partial charge is 0.506 e. The predicted molar refractivity (Wildman–Crippen MR) is 84.7 cm³/mol. The van der Waals surface area contributed by atoms with Crippen molar-refractivity contribution in [3.8, 4) is 5.75 Å². The van der Waals surface area contributed by atoms with E-state index in [0.717, 1.165) is 23.8 Å². The molecule has 1 aromatic carbocycles. The molecule has 120 valence electrons. The van der Waals surface area contributed by atoms with Crippen molar-refractivity contribution < 1.29 is 15.0 Å². The molecule has 0 spiro atoms. The fourth-order valence-corrected chi connectivity index (χ4v) is 4.04. The third kappa shape index (κ3) is 2.34.